The van der Waals surface area contributed by atoms with Crippen molar-refractivity contribution in [1.29, 1.82) is 0 Å². The van der Waals surface area contributed by atoms with Crippen LogP contribution in [0.3, 0.4) is 0 Å². The van der Waals surface area contributed by atoms with Gasteiger partial charge in [0.1, 0.15) is 22.7 Å². The molecular formula is C17H22O2. The molecule has 3 unspecified atom stereocenters. The minimum atomic E-state index is -0.0542. The molecule has 2 nitrogen and oxygen atoms in total. The molecule has 2 heteroatoms. The maximum absolute atomic E-state index is 6.33. The number of rotatable bonds is 0. The monoisotopic (exact) mass is 258 g/mol. The zero-order valence-corrected chi connectivity index (χ0v) is 12.2. The summed E-state index contributed by atoms with van der Waals surface area (Å²) < 4.78 is 12.7. The van der Waals surface area contributed by atoms with Gasteiger partial charge in [0, 0.05) is 17.4 Å². The highest BCUT2D eigenvalue weighted by Gasteiger charge is 2.53. The van der Waals surface area contributed by atoms with Gasteiger partial charge in [0.2, 0.25) is 0 Å². The molecule has 1 saturated carbocycles. The molecule has 3 aliphatic rings. The van der Waals surface area contributed by atoms with E-state index in [0.717, 1.165) is 24.3 Å². The molecule has 0 spiro atoms. The van der Waals surface area contributed by atoms with Crippen LogP contribution in [0.2, 0.25) is 0 Å². The van der Waals surface area contributed by atoms with E-state index in [2.05, 4.69) is 39.8 Å². The summed E-state index contributed by atoms with van der Waals surface area (Å²) in [4.78, 5) is 0. The molecule has 1 fully saturated rings. The Labute approximate surface area is 115 Å². The maximum Gasteiger partial charge on any atom is 0.127 e. The van der Waals surface area contributed by atoms with Gasteiger partial charge in [-0.2, -0.15) is 0 Å². The van der Waals surface area contributed by atoms with E-state index in [1.165, 1.54) is 17.5 Å². The van der Waals surface area contributed by atoms with Crippen LogP contribution >= 0.6 is 0 Å². The van der Waals surface area contributed by atoms with Crippen molar-refractivity contribution < 1.29 is 9.47 Å². The van der Waals surface area contributed by atoms with Crippen LogP contribution < -0.4 is 9.47 Å². The fourth-order valence-electron chi connectivity index (χ4n) is 4.49. The molecule has 0 aromatic heterocycles. The van der Waals surface area contributed by atoms with Crippen molar-refractivity contribution in [2.24, 2.45) is 5.92 Å². The Bertz CT molecular complexity index is 543. The van der Waals surface area contributed by atoms with E-state index in [1.807, 2.05) is 0 Å². The first kappa shape index (κ1) is 11.6. The van der Waals surface area contributed by atoms with Crippen LogP contribution in [-0.2, 0) is 0 Å². The molecule has 2 aliphatic heterocycles. The lowest BCUT2D eigenvalue weighted by Crippen LogP contribution is -2.53. The molecule has 0 N–H and O–H groups in total. The summed E-state index contributed by atoms with van der Waals surface area (Å²) in [5, 5.41) is 0. The van der Waals surface area contributed by atoms with Crippen molar-refractivity contribution in [3.05, 3.63) is 23.3 Å². The SMILES string of the molecule is Cc1cc2c3c(c1)OC(C)(C)C1CCC(C)(CC31)O2. The number of fused-ring (bicyclic) bond motifs is 1. The molecular weight excluding hydrogens is 236 g/mol. The largest absolute Gasteiger partial charge is 0.487 e. The van der Waals surface area contributed by atoms with E-state index in [-0.39, 0.29) is 11.2 Å². The Hall–Kier alpha value is -1.18. The van der Waals surface area contributed by atoms with Crippen LogP contribution in [0.4, 0.5) is 0 Å². The van der Waals surface area contributed by atoms with Gasteiger partial charge in [0.05, 0.1) is 0 Å². The first-order valence-electron chi connectivity index (χ1n) is 7.41. The Kier molecular flexibility index (Phi) is 2.01. The molecule has 19 heavy (non-hydrogen) atoms. The normalized spacial score (nSPS) is 37.3. The van der Waals surface area contributed by atoms with Crippen molar-refractivity contribution in [2.45, 2.75) is 64.1 Å². The van der Waals surface area contributed by atoms with E-state index in [1.54, 1.807) is 0 Å². The minimum Gasteiger partial charge on any atom is -0.487 e. The topological polar surface area (TPSA) is 18.5 Å². The van der Waals surface area contributed by atoms with Crippen molar-refractivity contribution in [3.63, 3.8) is 0 Å². The van der Waals surface area contributed by atoms with Gasteiger partial charge in [-0.15, -0.1) is 0 Å². The van der Waals surface area contributed by atoms with Gasteiger partial charge in [-0.25, -0.2) is 0 Å². The van der Waals surface area contributed by atoms with Crippen LogP contribution in [0.25, 0.3) is 0 Å². The molecule has 3 atom stereocenters. The predicted octanol–water partition coefficient (Wildman–Crippen LogP) is 4.20. The summed E-state index contributed by atoms with van der Waals surface area (Å²) >= 11 is 0. The first-order chi connectivity index (χ1) is 8.88. The second kappa shape index (κ2) is 3.28. The summed E-state index contributed by atoms with van der Waals surface area (Å²) in [6.07, 6.45) is 3.50. The Balaban J connectivity index is 1.97. The molecule has 4 rings (SSSR count). The molecule has 1 aromatic rings. The number of hydrogen-bond acceptors (Lipinski definition) is 2. The van der Waals surface area contributed by atoms with Crippen LogP contribution in [0.15, 0.2) is 12.1 Å². The molecule has 2 heterocycles. The lowest BCUT2D eigenvalue weighted by molar-refractivity contribution is -0.0727. The molecule has 0 saturated heterocycles. The van der Waals surface area contributed by atoms with Gasteiger partial charge in [-0.05, 0) is 64.7 Å². The number of ether oxygens (including phenoxy) is 2. The van der Waals surface area contributed by atoms with Crippen LogP contribution in [0.5, 0.6) is 11.5 Å². The summed E-state index contributed by atoms with van der Waals surface area (Å²) in [6.45, 7) is 8.90. The maximum atomic E-state index is 6.33. The lowest BCUT2D eigenvalue weighted by Gasteiger charge is -2.55. The fraction of sp³-hybridized carbons (Fsp3) is 0.647. The Morgan fingerprint density at radius 2 is 1.79 bits per heavy atom. The highest BCUT2D eigenvalue weighted by Crippen LogP contribution is 2.60. The van der Waals surface area contributed by atoms with E-state index in [9.17, 15) is 0 Å². The molecule has 1 aliphatic carbocycles. The van der Waals surface area contributed by atoms with Crippen molar-refractivity contribution in [1.82, 2.24) is 0 Å². The van der Waals surface area contributed by atoms with Crippen molar-refractivity contribution in [2.75, 3.05) is 0 Å². The second-order valence-corrected chi connectivity index (χ2v) is 7.39. The van der Waals surface area contributed by atoms with Gasteiger partial charge < -0.3 is 9.47 Å². The molecule has 0 amide bonds. The average Bonchev–Trinajstić information content (AvgIpc) is 2.24. The van der Waals surface area contributed by atoms with Crippen LogP contribution in [0.1, 0.15) is 57.1 Å². The summed E-state index contributed by atoms with van der Waals surface area (Å²) in [7, 11) is 0. The Morgan fingerprint density at radius 3 is 2.53 bits per heavy atom. The standard InChI is InChI=1S/C17H22O2/c1-10-7-13-15-11-9-17(4,19-14(15)8-10)6-5-12(11)16(2,3)18-13/h7-8,11-12H,5-6,9H2,1-4H3. The van der Waals surface area contributed by atoms with Gasteiger partial charge in [0.15, 0.2) is 0 Å². The fourth-order valence-corrected chi connectivity index (χ4v) is 4.49. The zero-order chi connectivity index (χ0) is 13.4. The highest BCUT2D eigenvalue weighted by atomic mass is 16.5. The molecule has 102 valence electrons. The zero-order valence-electron chi connectivity index (χ0n) is 12.2. The van der Waals surface area contributed by atoms with Crippen LogP contribution in [-0.4, -0.2) is 11.2 Å². The third-order valence-corrected chi connectivity index (χ3v) is 5.36. The minimum absolute atomic E-state index is 0.0344. The molecule has 2 bridgehead atoms. The predicted molar refractivity (Wildman–Crippen MR) is 75.0 cm³/mol. The molecule has 1 aromatic carbocycles. The quantitative estimate of drug-likeness (QED) is 0.694. The number of aryl methyl sites for hydroxylation is 1. The average molecular weight is 258 g/mol. The van der Waals surface area contributed by atoms with Crippen molar-refractivity contribution in [3.8, 4) is 11.5 Å². The van der Waals surface area contributed by atoms with E-state index in [0.29, 0.717) is 11.8 Å². The van der Waals surface area contributed by atoms with E-state index >= 15 is 0 Å². The van der Waals surface area contributed by atoms with Crippen molar-refractivity contribution >= 4 is 0 Å². The van der Waals surface area contributed by atoms with E-state index < -0.39 is 0 Å². The summed E-state index contributed by atoms with van der Waals surface area (Å²) in [5.74, 6) is 3.37. The second-order valence-electron chi connectivity index (χ2n) is 7.39. The third kappa shape index (κ3) is 1.49. The summed E-state index contributed by atoms with van der Waals surface area (Å²) in [5.41, 5.74) is 2.55. The van der Waals surface area contributed by atoms with Gasteiger partial charge in [-0.1, -0.05) is 0 Å². The highest BCUT2D eigenvalue weighted by molar-refractivity contribution is 5.54. The third-order valence-electron chi connectivity index (χ3n) is 5.36. The van der Waals surface area contributed by atoms with Gasteiger partial charge in [-0.3, -0.25) is 0 Å². The van der Waals surface area contributed by atoms with E-state index in [4.69, 9.17) is 9.47 Å². The number of benzene rings is 1. The first-order valence-corrected chi connectivity index (χ1v) is 7.41. The number of hydrogen-bond donors (Lipinski definition) is 0. The Morgan fingerprint density at radius 1 is 1.11 bits per heavy atom. The van der Waals surface area contributed by atoms with Gasteiger partial charge in [0.25, 0.3) is 0 Å². The smallest absolute Gasteiger partial charge is 0.127 e. The van der Waals surface area contributed by atoms with Crippen LogP contribution in [0, 0.1) is 12.8 Å². The van der Waals surface area contributed by atoms with Gasteiger partial charge >= 0.3 is 0 Å². The molecule has 0 radical (unpaired) electrons. The lowest BCUT2D eigenvalue weighted by atomic mass is 9.61. The summed E-state index contributed by atoms with van der Waals surface area (Å²) in [6, 6.07) is 4.37.